The number of piperidine rings is 1. The molecule has 3 saturated heterocycles. The van der Waals surface area contributed by atoms with E-state index in [1.165, 1.54) is 50.1 Å². The zero-order chi connectivity index (χ0) is 17.2. The minimum absolute atomic E-state index is 0.00941. The van der Waals surface area contributed by atoms with E-state index in [1.54, 1.807) is 7.11 Å². The predicted octanol–water partition coefficient (Wildman–Crippen LogP) is 1.43. The molecule has 0 aromatic carbocycles. The van der Waals surface area contributed by atoms with Crippen LogP contribution in [0.15, 0.2) is 0 Å². The molecule has 5 rings (SSSR count). The maximum atomic E-state index is 12.4. The number of hydrogen-bond acceptors (Lipinski definition) is 7. The molecule has 138 valence electrons. The van der Waals surface area contributed by atoms with E-state index in [9.17, 15) is 4.79 Å². The fourth-order valence-electron chi connectivity index (χ4n) is 4.11. The summed E-state index contributed by atoms with van der Waals surface area (Å²) in [5.41, 5.74) is 0. The first-order valence-electron chi connectivity index (χ1n) is 9.27. The van der Waals surface area contributed by atoms with E-state index in [1.807, 2.05) is 0 Å². The second-order valence-corrected chi connectivity index (χ2v) is 8.73. The zero-order valence-electron chi connectivity index (χ0n) is 14.8. The van der Waals surface area contributed by atoms with Crippen LogP contribution < -0.4 is 5.32 Å². The fraction of sp³-hybridized carbons (Fsp3) is 0.824. The Hall–Kier alpha value is -1.09. The van der Waals surface area contributed by atoms with Crippen LogP contribution in [-0.2, 0) is 16.1 Å². The SMILES string of the molecule is COCc1nnc(NC(=O)CN2C[C@@H]3CC[C@H](C2)N(CC2CC2)C3)s1. The van der Waals surface area contributed by atoms with Crippen molar-refractivity contribution >= 4 is 22.4 Å². The Labute approximate surface area is 152 Å². The predicted molar refractivity (Wildman–Crippen MR) is 96.5 cm³/mol. The molecule has 1 amide bonds. The lowest BCUT2D eigenvalue weighted by atomic mass is 9.95. The normalized spacial score (nSPS) is 27.4. The van der Waals surface area contributed by atoms with Crippen molar-refractivity contribution in [3.63, 3.8) is 0 Å². The maximum Gasteiger partial charge on any atom is 0.240 e. The summed E-state index contributed by atoms with van der Waals surface area (Å²) in [6.45, 7) is 5.42. The Bertz CT molecular complexity index is 606. The zero-order valence-corrected chi connectivity index (χ0v) is 15.6. The van der Waals surface area contributed by atoms with E-state index in [-0.39, 0.29) is 5.91 Å². The summed E-state index contributed by atoms with van der Waals surface area (Å²) in [6, 6.07) is 0.627. The number of nitrogens with zero attached hydrogens (tertiary/aromatic N) is 4. The highest BCUT2D eigenvalue weighted by atomic mass is 32.1. The third-order valence-corrected chi connectivity index (χ3v) is 6.25. The van der Waals surface area contributed by atoms with Gasteiger partial charge in [-0.25, -0.2) is 0 Å². The second-order valence-electron chi connectivity index (χ2n) is 7.67. The molecule has 8 heteroatoms. The number of aromatic nitrogens is 2. The van der Waals surface area contributed by atoms with Crippen LogP contribution in [0.25, 0.3) is 0 Å². The molecule has 1 aromatic rings. The van der Waals surface area contributed by atoms with E-state index < -0.39 is 0 Å². The minimum atomic E-state index is 0.00941. The van der Waals surface area contributed by atoms with Crippen LogP contribution in [0.2, 0.25) is 0 Å². The molecule has 3 aliphatic heterocycles. The topological polar surface area (TPSA) is 70.6 Å². The number of carbonyl (C=O) groups excluding carboxylic acids is 1. The standard InChI is InChI=1S/C17H27N5O2S/c1-24-11-16-19-20-17(25-16)18-15(23)10-21-6-13-4-5-14(9-21)22(8-13)7-12-2-3-12/h12-14H,2-11H2,1H3,(H,18,20,23)/t13-,14+/m0/s1. The van der Waals surface area contributed by atoms with Crippen molar-refractivity contribution in [3.05, 3.63) is 5.01 Å². The Morgan fingerprint density at radius 1 is 1.24 bits per heavy atom. The molecule has 7 nitrogen and oxygen atoms in total. The van der Waals surface area contributed by atoms with Gasteiger partial charge in [0.25, 0.3) is 0 Å². The van der Waals surface area contributed by atoms with Crippen molar-refractivity contribution in [3.8, 4) is 0 Å². The number of ether oxygens (including phenoxy) is 1. The largest absolute Gasteiger partial charge is 0.377 e. The molecule has 4 heterocycles. The van der Waals surface area contributed by atoms with Crippen LogP contribution in [0.4, 0.5) is 5.13 Å². The third kappa shape index (κ3) is 4.55. The number of nitrogens with one attached hydrogen (secondary N) is 1. The molecule has 1 saturated carbocycles. The van der Waals surface area contributed by atoms with Crippen LogP contribution >= 0.6 is 11.3 Å². The van der Waals surface area contributed by atoms with Gasteiger partial charge >= 0.3 is 0 Å². The van der Waals surface area contributed by atoms with Gasteiger partial charge in [0, 0.05) is 39.3 Å². The van der Waals surface area contributed by atoms with Gasteiger partial charge in [-0.15, -0.1) is 10.2 Å². The van der Waals surface area contributed by atoms with Crippen molar-refractivity contribution < 1.29 is 9.53 Å². The molecule has 0 spiro atoms. The van der Waals surface area contributed by atoms with Crippen molar-refractivity contribution in [2.75, 3.05) is 45.2 Å². The van der Waals surface area contributed by atoms with Gasteiger partial charge in [0.1, 0.15) is 11.6 Å². The molecule has 0 unspecified atom stereocenters. The number of methoxy groups -OCH3 is 1. The lowest BCUT2D eigenvalue weighted by Crippen LogP contribution is -2.45. The molecule has 1 aliphatic carbocycles. The van der Waals surface area contributed by atoms with Crippen molar-refractivity contribution in [2.24, 2.45) is 11.8 Å². The average molecular weight is 366 g/mol. The van der Waals surface area contributed by atoms with E-state index in [4.69, 9.17) is 4.74 Å². The summed E-state index contributed by atoms with van der Waals surface area (Å²) in [5.74, 6) is 1.66. The fourth-order valence-corrected chi connectivity index (χ4v) is 4.84. The van der Waals surface area contributed by atoms with Crippen LogP contribution in [-0.4, -0.2) is 71.8 Å². The summed E-state index contributed by atoms with van der Waals surface area (Å²) < 4.78 is 5.04. The molecule has 4 aliphatic rings. The maximum absolute atomic E-state index is 12.4. The van der Waals surface area contributed by atoms with Gasteiger partial charge < -0.3 is 4.74 Å². The highest BCUT2D eigenvalue weighted by Crippen LogP contribution is 2.34. The summed E-state index contributed by atoms with van der Waals surface area (Å²) in [6.07, 6.45) is 5.41. The molecule has 2 bridgehead atoms. The molecule has 0 radical (unpaired) electrons. The van der Waals surface area contributed by atoms with Crippen LogP contribution in [0, 0.1) is 11.8 Å². The lowest BCUT2D eigenvalue weighted by molar-refractivity contribution is -0.117. The van der Waals surface area contributed by atoms with Gasteiger partial charge in [-0.3, -0.25) is 19.9 Å². The van der Waals surface area contributed by atoms with Crippen molar-refractivity contribution in [1.29, 1.82) is 0 Å². The summed E-state index contributed by atoms with van der Waals surface area (Å²) >= 11 is 1.37. The Kier molecular flexibility index (Phi) is 5.30. The first-order chi connectivity index (χ1) is 12.2. The van der Waals surface area contributed by atoms with Gasteiger partial charge in [0.2, 0.25) is 11.0 Å². The van der Waals surface area contributed by atoms with E-state index in [0.717, 1.165) is 24.0 Å². The average Bonchev–Trinajstić information content (AvgIpc) is 3.34. The van der Waals surface area contributed by atoms with Gasteiger partial charge in [0.15, 0.2) is 0 Å². The summed E-state index contributed by atoms with van der Waals surface area (Å²) in [7, 11) is 1.62. The molecular formula is C17H27N5O2S. The number of anilines is 1. The molecule has 2 atom stereocenters. The summed E-state index contributed by atoms with van der Waals surface area (Å²) in [4.78, 5) is 17.4. The van der Waals surface area contributed by atoms with Gasteiger partial charge in [-0.1, -0.05) is 11.3 Å². The van der Waals surface area contributed by atoms with Crippen LogP contribution in [0.3, 0.4) is 0 Å². The highest BCUT2D eigenvalue weighted by Gasteiger charge is 2.37. The Morgan fingerprint density at radius 2 is 2.12 bits per heavy atom. The third-order valence-electron chi connectivity index (χ3n) is 5.44. The second kappa shape index (κ2) is 7.65. The van der Waals surface area contributed by atoms with Crippen molar-refractivity contribution in [1.82, 2.24) is 20.0 Å². The summed E-state index contributed by atoms with van der Waals surface area (Å²) in [5, 5.41) is 12.2. The van der Waals surface area contributed by atoms with Gasteiger partial charge in [-0.2, -0.15) is 0 Å². The molecule has 25 heavy (non-hydrogen) atoms. The number of hydrogen-bond donors (Lipinski definition) is 1. The smallest absolute Gasteiger partial charge is 0.240 e. The quantitative estimate of drug-likeness (QED) is 0.788. The molecule has 1 aromatic heterocycles. The van der Waals surface area contributed by atoms with Crippen LogP contribution in [0.5, 0.6) is 0 Å². The molecule has 1 N–H and O–H groups in total. The van der Waals surface area contributed by atoms with E-state index >= 15 is 0 Å². The number of fused-ring (bicyclic) bond motifs is 4. The Balaban J connectivity index is 1.30. The van der Waals surface area contributed by atoms with Gasteiger partial charge in [-0.05, 0) is 37.5 Å². The Morgan fingerprint density at radius 3 is 2.92 bits per heavy atom. The van der Waals surface area contributed by atoms with Gasteiger partial charge in [0.05, 0.1) is 6.54 Å². The molecular weight excluding hydrogens is 338 g/mol. The lowest BCUT2D eigenvalue weighted by Gasteiger charge is -2.36. The number of rotatable bonds is 7. The number of amides is 1. The minimum Gasteiger partial charge on any atom is -0.377 e. The molecule has 4 fully saturated rings. The van der Waals surface area contributed by atoms with E-state index in [2.05, 4.69) is 25.3 Å². The van der Waals surface area contributed by atoms with Crippen LogP contribution in [0.1, 0.15) is 30.7 Å². The monoisotopic (exact) mass is 365 g/mol. The van der Waals surface area contributed by atoms with Crippen molar-refractivity contribution in [2.45, 2.75) is 38.3 Å². The van der Waals surface area contributed by atoms with E-state index in [0.29, 0.717) is 30.2 Å². The number of carbonyl (C=O) groups is 1. The highest BCUT2D eigenvalue weighted by molar-refractivity contribution is 7.15. The first kappa shape index (κ1) is 17.3. The first-order valence-corrected chi connectivity index (χ1v) is 10.1.